The van der Waals surface area contributed by atoms with Gasteiger partial charge in [-0.2, -0.15) is 0 Å². The molecule has 1 aromatic carbocycles. The first-order chi connectivity index (χ1) is 9.70. The Morgan fingerprint density at radius 1 is 1.20 bits per heavy atom. The number of hydrogen-bond acceptors (Lipinski definition) is 3. The van der Waals surface area contributed by atoms with Crippen molar-refractivity contribution < 1.29 is 9.90 Å². The summed E-state index contributed by atoms with van der Waals surface area (Å²) in [4.78, 5) is 15.9. The van der Waals surface area contributed by atoms with Crippen LogP contribution in [0, 0.1) is 0 Å². The highest BCUT2D eigenvalue weighted by molar-refractivity contribution is 5.68. The number of benzene rings is 1. The van der Waals surface area contributed by atoms with Gasteiger partial charge in [0.1, 0.15) is 0 Å². The molecule has 1 N–H and O–H groups in total. The summed E-state index contributed by atoms with van der Waals surface area (Å²) >= 11 is 0. The van der Waals surface area contributed by atoms with Crippen molar-refractivity contribution in [3.63, 3.8) is 0 Å². The maximum absolute atomic E-state index is 11.2. The molecule has 2 rings (SSSR count). The summed E-state index contributed by atoms with van der Waals surface area (Å²) in [6, 6.07) is 10.0. The molecule has 1 aliphatic heterocycles. The monoisotopic (exact) mass is 276 g/mol. The summed E-state index contributed by atoms with van der Waals surface area (Å²) in [5.41, 5.74) is 1.11. The zero-order valence-electron chi connectivity index (χ0n) is 12.2. The van der Waals surface area contributed by atoms with Gasteiger partial charge in [0.15, 0.2) is 0 Å². The van der Waals surface area contributed by atoms with Gasteiger partial charge in [0, 0.05) is 32.2 Å². The fourth-order valence-corrected chi connectivity index (χ4v) is 2.91. The SMILES string of the molecule is CCCN1CCN(C(CC(=O)O)c2ccccc2)CC1. The van der Waals surface area contributed by atoms with E-state index in [1.165, 1.54) is 6.42 Å². The smallest absolute Gasteiger partial charge is 0.305 e. The maximum Gasteiger partial charge on any atom is 0.305 e. The minimum Gasteiger partial charge on any atom is -0.481 e. The van der Waals surface area contributed by atoms with Gasteiger partial charge in [-0.1, -0.05) is 37.3 Å². The molecule has 0 radical (unpaired) electrons. The van der Waals surface area contributed by atoms with Gasteiger partial charge in [-0.3, -0.25) is 9.69 Å². The summed E-state index contributed by atoms with van der Waals surface area (Å²) in [7, 11) is 0. The third-order valence-corrected chi connectivity index (χ3v) is 3.94. The third-order valence-electron chi connectivity index (χ3n) is 3.94. The Morgan fingerprint density at radius 2 is 1.85 bits per heavy atom. The second-order valence-electron chi connectivity index (χ2n) is 5.40. The Kier molecular flexibility index (Phi) is 5.56. The number of nitrogens with zero attached hydrogens (tertiary/aromatic N) is 2. The number of carboxylic acids is 1. The van der Waals surface area contributed by atoms with E-state index < -0.39 is 5.97 Å². The number of hydrogen-bond donors (Lipinski definition) is 1. The molecule has 1 aromatic rings. The molecule has 4 nitrogen and oxygen atoms in total. The van der Waals surface area contributed by atoms with Crippen molar-refractivity contribution >= 4 is 5.97 Å². The Labute approximate surface area is 121 Å². The Morgan fingerprint density at radius 3 is 2.40 bits per heavy atom. The van der Waals surface area contributed by atoms with Crippen LogP contribution in [0.2, 0.25) is 0 Å². The standard InChI is InChI=1S/C16H24N2O2/c1-2-8-17-9-11-18(12-10-17)15(13-16(19)20)14-6-4-3-5-7-14/h3-7,15H,2,8-13H2,1H3,(H,19,20). The van der Waals surface area contributed by atoms with Crippen LogP contribution in [0.4, 0.5) is 0 Å². The normalized spacial score (nSPS) is 18.9. The zero-order chi connectivity index (χ0) is 14.4. The lowest BCUT2D eigenvalue weighted by Gasteiger charge is -2.39. The Bertz CT molecular complexity index is 414. The molecule has 0 bridgehead atoms. The molecule has 1 fully saturated rings. The van der Waals surface area contributed by atoms with Crippen molar-refractivity contribution in [2.45, 2.75) is 25.8 Å². The van der Waals surface area contributed by atoms with Gasteiger partial charge in [-0.15, -0.1) is 0 Å². The quantitative estimate of drug-likeness (QED) is 0.865. The summed E-state index contributed by atoms with van der Waals surface area (Å²) < 4.78 is 0. The van der Waals surface area contributed by atoms with E-state index in [1.807, 2.05) is 30.3 Å². The minimum atomic E-state index is -0.727. The molecule has 0 saturated carbocycles. The van der Waals surface area contributed by atoms with E-state index in [0.29, 0.717) is 0 Å². The zero-order valence-corrected chi connectivity index (χ0v) is 12.2. The van der Waals surface area contributed by atoms with E-state index in [2.05, 4.69) is 16.7 Å². The minimum absolute atomic E-state index is 0.00234. The second kappa shape index (κ2) is 7.41. The molecule has 0 aromatic heterocycles. The number of carbonyl (C=O) groups is 1. The van der Waals surface area contributed by atoms with Crippen LogP contribution in [0.3, 0.4) is 0 Å². The second-order valence-corrected chi connectivity index (χ2v) is 5.40. The first kappa shape index (κ1) is 15.0. The molecule has 1 unspecified atom stereocenters. The lowest BCUT2D eigenvalue weighted by Crippen LogP contribution is -2.48. The van der Waals surface area contributed by atoms with Gasteiger partial charge >= 0.3 is 5.97 Å². The molecule has 4 heteroatoms. The van der Waals surface area contributed by atoms with Crippen LogP contribution in [0.1, 0.15) is 31.4 Å². The molecule has 1 aliphatic rings. The van der Waals surface area contributed by atoms with Gasteiger partial charge in [-0.05, 0) is 18.5 Å². The van der Waals surface area contributed by atoms with Crippen molar-refractivity contribution in [2.75, 3.05) is 32.7 Å². The van der Waals surface area contributed by atoms with E-state index in [9.17, 15) is 9.90 Å². The van der Waals surface area contributed by atoms with Crippen LogP contribution in [-0.4, -0.2) is 53.6 Å². The average Bonchev–Trinajstić information content (AvgIpc) is 2.47. The lowest BCUT2D eigenvalue weighted by molar-refractivity contribution is -0.138. The van der Waals surface area contributed by atoms with Crippen molar-refractivity contribution in [3.8, 4) is 0 Å². The summed E-state index contributed by atoms with van der Waals surface area (Å²) in [6.07, 6.45) is 1.36. The van der Waals surface area contributed by atoms with Crippen LogP contribution in [0.15, 0.2) is 30.3 Å². The summed E-state index contributed by atoms with van der Waals surface area (Å²) in [5.74, 6) is -0.727. The van der Waals surface area contributed by atoms with Crippen LogP contribution < -0.4 is 0 Å². The first-order valence-corrected chi connectivity index (χ1v) is 7.44. The molecule has 110 valence electrons. The lowest BCUT2D eigenvalue weighted by atomic mass is 10.0. The molecule has 1 heterocycles. The van der Waals surface area contributed by atoms with Gasteiger partial charge < -0.3 is 10.0 Å². The predicted octanol–water partition coefficient (Wildman–Crippen LogP) is 2.23. The molecule has 0 aliphatic carbocycles. The van der Waals surface area contributed by atoms with E-state index in [4.69, 9.17) is 0 Å². The van der Waals surface area contributed by atoms with Gasteiger partial charge in [0.25, 0.3) is 0 Å². The Balaban J connectivity index is 2.03. The molecule has 20 heavy (non-hydrogen) atoms. The van der Waals surface area contributed by atoms with E-state index in [0.717, 1.165) is 38.3 Å². The highest BCUT2D eigenvalue weighted by Crippen LogP contribution is 2.25. The summed E-state index contributed by atoms with van der Waals surface area (Å²) in [5, 5.41) is 9.17. The number of rotatable bonds is 6. The molecular weight excluding hydrogens is 252 g/mol. The van der Waals surface area contributed by atoms with Crippen LogP contribution >= 0.6 is 0 Å². The number of carboxylic acid groups (broad SMARTS) is 1. The van der Waals surface area contributed by atoms with Gasteiger partial charge in [-0.25, -0.2) is 0 Å². The Hall–Kier alpha value is -1.39. The summed E-state index contributed by atoms with van der Waals surface area (Å²) in [6.45, 7) is 7.32. The number of aliphatic carboxylic acids is 1. The van der Waals surface area contributed by atoms with Crippen molar-refractivity contribution in [1.82, 2.24) is 9.80 Å². The average molecular weight is 276 g/mol. The predicted molar refractivity (Wildman–Crippen MR) is 79.7 cm³/mol. The van der Waals surface area contributed by atoms with Crippen LogP contribution in [0.5, 0.6) is 0 Å². The third kappa shape index (κ3) is 4.05. The topological polar surface area (TPSA) is 43.8 Å². The molecule has 0 spiro atoms. The van der Waals surface area contributed by atoms with Gasteiger partial charge in [0.2, 0.25) is 0 Å². The largest absolute Gasteiger partial charge is 0.481 e. The van der Waals surface area contributed by atoms with Crippen LogP contribution in [-0.2, 0) is 4.79 Å². The fourth-order valence-electron chi connectivity index (χ4n) is 2.91. The van der Waals surface area contributed by atoms with Crippen molar-refractivity contribution in [1.29, 1.82) is 0 Å². The van der Waals surface area contributed by atoms with Crippen molar-refractivity contribution in [3.05, 3.63) is 35.9 Å². The maximum atomic E-state index is 11.2. The van der Waals surface area contributed by atoms with E-state index in [-0.39, 0.29) is 12.5 Å². The van der Waals surface area contributed by atoms with E-state index >= 15 is 0 Å². The van der Waals surface area contributed by atoms with E-state index in [1.54, 1.807) is 0 Å². The highest BCUT2D eigenvalue weighted by Gasteiger charge is 2.26. The number of piperazine rings is 1. The fraction of sp³-hybridized carbons (Fsp3) is 0.562. The molecular formula is C16H24N2O2. The molecule has 0 amide bonds. The molecule has 1 atom stereocenters. The van der Waals surface area contributed by atoms with Crippen molar-refractivity contribution in [2.24, 2.45) is 0 Å². The highest BCUT2D eigenvalue weighted by atomic mass is 16.4. The molecule has 1 saturated heterocycles. The van der Waals surface area contributed by atoms with Gasteiger partial charge in [0.05, 0.1) is 6.42 Å². The first-order valence-electron chi connectivity index (χ1n) is 7.44. The van der Waals surface area contributed by atoms with Crippen LogP contribution in [0.25, 0.3) is 0 Å².